The molecule has 23 heavy (non-hydrogen) atoms. The quantitative estimate of drug-likeness (QED) is 0.507. The van der Waals surface area contributed by atoms with Gasteiger partial charge in [-0.2, -0.15) is 0 Å². The molecular weight excluding hydrogens is 374 g/mol. The second-order valence-electron chi connectivity index (χ2n) is 6.23. The Bertz CT molecular complexity index is 498. The third-order valence-electron chi connectivity index (χ3n) is 4.49. The van der Waals surface area contributed by atoms with Crippen molar-refractivity contribution in [1.29, 1.82) is 0 Å². The Kier molecular flexibility index (Phi) is 7.86. The average molecular weight is 402 g/mol. The Labute approximate surface area is 152 Å². The van der Waals surface area contributed by atoms with Crippen LogP contribution in [0, 0.1) is 5.41 Å². The van der Waals surface area contributed by atoms with E-state index < -0.39 is 0 Å². The van der Waals surface area contributed by atoms with Crippen LogP contribution < -0.4 is 10.6 Å². The first-order valence-electron chi connectivity index (χ1n) is 8.41. The summed E-state index contributed by atoms with van der Waals surface area (Å²) in [5, 5.41) is 9.02. The molecule has 1 heterocycles. The third kappa shape index (κ3) is 6.08. The summed E-state index contributed by atoms with van der Waals surface area (Å²) < 4.78 is 6.45. The van der Waals surface area contributed by atoms with Gasteiger partial charge in [-0.15, -0.1) is 11.3 Å². The number of rotatable bonds is 8. The molecule has 1 fully saturated rings. The molecule has 1 aliphatic carbocycles. The van der Waals surface area contributed by atoms with Gasteiger partial charge in [-0.1, -0.05) is 12.8 Å². The number of aliphatic imine (C=N–C) groups is 1. The summed E-state index contributed by atoms with van der Waals surface area (Å²) >= 11 is 5.23. The van der Waals surface area contributed by atoms with Crippen molar-refractivity contribution >= 4 is 33.2 Å². The van der Waals surface area contributed by atoms with E-state index in [1.165, 1.54) is 30.6 Å². The smallest absolute Gasteiger partial charge is 0.191 e. The van der Waals surface area contributed by atoms with Gasteiger partial charge in [0.05, 0.1) is 6.54 Å². The van der Waals surface area contributed by atoms with Crippen LogP contribution in [0.1, 0.15) is 43.9 Å². The third-order valence-corrected chi connectivity index (χ3v) is 6.17. The first kappa shape index (κ1) is 18.7. The van der Waals surface area contributed by atoms with Gasteiger partial charge in [0.25, 0.3) is 0 Å². The minimum atomic E-state index is 0.373. The second-order valence-corrected chi connectivity index (χ2v) is 8.14. The van der Waals surface area contributed by atoms with E-state index >= 15 is 0 Å². The lowest BCUT2D eigenvalue weighted by Gasteiger charge is -2.30. The van der Waals surface area contributed by atoms with Crippen molar-refractivity contribution in [3.8, 4) is 0 Å². The number of halogens is 1. The summed E-state index contributed by atoms with van der Waals surface area (Å²) in [6.45, 7) is 5.53. The lowest BCUT2D eigenvalue weighted by atomic mass is 9.83. The van der Waals surface area contributed by atoms with Crippen molar-refractivity contribution < 1.29 is 4.74 Å². The highest BCUT2D eigenvalue weighted by molar-refractivity contribution is 9.10. The fraction of sp³-hybridized carbons (Fsp3) is 0.706. The summed E-state index contributed by atoms with van der Waals surface area (Å²) in [4.78, 5) is 5.99. The van der Waals surface area contributed by atoms with Gasteiger partial charge < -0.3 is 15.4 Å². The molecule has 1 saturated carbocycles. The Morgan fingerprint density at radius 1 is 1.39 bits per heavy atom. The molecule has 1 aromatic rings. The van der Waals surface area contributed by atoms with E-state index in [-0.39, 0.29) is 0 Å². The molecule has 0 saturated heterocycles. The molecule has 1 aliphatic rings. The van der Waals surface area contributed by atoms with Crippen LogP contribution in [0.2, 0.25) is 0 Å². The van der Waals surface area contributed by atoms with E-state index in [9.17, 15) is 0 Å². The predicted octanol–water partition coefficient (Wildman–Crippen LogP) is 4.16. The number of nitrogens with zero attached hydrogens (tertiary/aromatic N) is 1. The first-order chi connectivity index (χ1) is 11.2. The molecule has 2 N–H and O–H groups in total. The molecule has 0 aromatic carbocycles. The molecule has 2 rings (SSSR count). The molecule has 4 nitrogen and oxygen atoms in total. The van der Waals surface area contributed by atoms with Crippen LogP contribution in [-0.2, 0) is 11.3 Å². The summed E-state index contributed by atoms with van der Waals surface area (Å²) in [7, 11) is 1.79. The maximum Gasteiger partial charge on any atom is 0.191 e. The van der Waals surface area contributed by atoms with E-state index in [2.05, 4.69) is 44.9 Å². The largest absolute Gasteiger partial charge is 0.385 e. The Morgan fingerprint density at radius 3 is 2.78 bits per heavy atom. The number of hydrogen-bond donors (Lipinski definition) is 2. The maximum atomic E-state index is 5.31. The highest BCUT2D eigenvalue weighted by Crippen LogP contribution is 2.40. The van der Waals surface area contributed by atoms with Gasteiger partial charge in [0, 0.05) is 41.5 Å². The molecule has 0 radical (unpaired) electrons. The van der Waals surface area contributed by atoms with Crippen LogP contribution in [0.25, 0.3) is 0 Å². The number of methoxy groups -OCH3 is 1. The molecule has 0 amide bonds. The first-order valence-corrected chi connectivity index (χ1v) is 10.1. The number of thiophene rings is 1. The van der Waals surface area contributed by atoms with E-state index in [4.69, 9.17) is 9.73 Å². The zero-order valence-electron chi connectivity index (χ0n) is 14.2. The monoisotopic (exact) mass is 401 g/mol. The fourth-order valence-corrected chi connectivity index (χ4v) is 4.54. The molecular formula is C17H28BrN3OS. The lowest BCUT2D eigenvalue weighted by molar-refractivity contribution is 0.138. The van der Waals surface area contributed by atoms with Crippen molar-refractivity contribution in [2.45, 2.75) is 45.6 Å². The molecule has 0 spiro atoms. The van der Waals surface area contributed by atoms with E-state index in [1.807, 2.05) is 0 Å². The van der Waals surface area contributed by atoms with Crippen molar-refractivity contribution in [3.05, 3.63) is 20.8 Å². The summed E-state index contributed by atoms with van der Waals surface area (Å²) in [6, 6.07) is 2.13. The Balaban J connectivity index is 1.92. The van der Waals surface area contributed by atoms with Gasteiger partial charge in [-0.05, 0) is 53.6 Å². The Morgan fingerprint density at radius 2 is 2.17 bits per heavy atom. The average Bonchev–Trinajstić information content (AvgIpc) is 3.18. The van der Waals surface area contributed by atoms with Crippen LogP contribution >= 0.6 is 27.3 Å². The zero-order valence-corrected chi connectivity index (χ0v) is 16.6. The molecule has 0 atom stereocenters. The summed E-state index contributed by atoms with van der Waals surface area (Å²) in [5.74, 6) is 0.917. The van der Waals surface area contributed by atoms with Crippen LogP contribution in [0.4, 0.5) is 0 Å². The summed E-state index contributed by atoms with van der Waals surface area (Å²) in [6.07, 6.45) is 6.39. The molecule has 0 bridgehead atoms. The predicted molar refractivity (Wildman–Crippen MR) is 102 cm³/mol. The van der Waals surface area contributed by atoms with Crippen molar-refractivity contribution in [3.63, 3.8) is 0 Å². The minimum Gasteiger partial charge on any atom is -0.385 e. The fourth-order valence-electron chi connectivity index (χ4n) is 3.17. The number of ether oxygens (including phenoxy) is 1. The van der Waals surface area contributed by atoms with E-state index in [1.54, 1.807) is 18.4 Å². The van der Waals surface area contributed by atoms with Crippen molar-refractivity contribution in [2.75, 3.05) is 26.8 Å². The summed E-state index contributed by atoms with van der Waals surface area (Å²) in [5.41, 5.74) is 0.373. The lowest BCUT2D eigenvalue weighted by Crippen LogP contribution is -2.43. The Hall–Kier alpha value is -0.590. The molecule has 130 valence electrons. The number of guanidine groups is 1. The van der Waals surface area contributed by atoms with Crippen LogP contribution in [0.5, 0.6) is 0 Å². The normalized spacial score (nSPS) is 17.4. The van der Waals surface area contributed by atoms with Gasteiger partial charge in [-0.3, -0.25) is 0 Å². The molecule has 0 unspecified atom stereocenters. The van der Waals surface area contributed by atoms with E-state index in [0.717, 1.165) is 43.1 Å². The van der Waals surface area contributed by atoms with Gasteiger partial charge in [0.1, 0.15) is 0 Å². The number of hydrogen-bond acceptors (Lipinski definition) is 3. The molecule has 6 heteroatoms. The second kappa shape index (κ2) is 9.64. The van der Waals surface area contributed by atoms with E-state index in [0.29, 0.717) is 5.41 Å². The van der Waals surface area contributed by atoms with Crippen molar-refractivity contribution in [1.82, 2.24) is 10.6 Å². The zero-order chi connectivity index (χ0) is 16.5. The topological polar surface area (TPSA) is 45.7 Å². The van der Waals surface area contributed by atoms with Crippen molar-refractivity contribution in [2.24, 2.45) is 10.4 Å². The molecule has 1 aromatic heterocycles. The van der Waals surface area contributed by atoms with Crippen LogP contribution in [-0.4, -0.2) is 32.8 Å². The highest BCUT2D eigenvalue weighted by atomic mass is 79.9. The van der Waals surface area contributed by atoms with Crippen LogP contribution in [0.3, 0.4) is 0 Å². The molecule has 0 aliphatic heterocycles. The maximum absolute atomic E-state index is 5.31. The SMILES string of the molecule is CCNC(=NCc1cc(Br)cs1)NCC1(CCOC)CCCC1. The number of nitrogens with one attached hydrogen (secondary N) is 2. The van der Waals surface area contributed by atoms with Gasteiger partial charge in [0.2, 0.25) is 0 Å². The standard InChI is InChI=1S/C17H28BrN3OS/c1-3-19-16(20-11-15-10-14(18)12-23-15)21-13-17(8-9-22-2)6-4-5-7-17/h10,12H,3-9,11,13H2,1-2H3,(H2,19,20,21). The van der Waals surface area contributed by atoms with Gasteiger partial charge in [-0.25, -0.2) is 4.99 Å². The van der Waals surface area contributed by atoms with Gasteiger partial charge >= 0.3 is 0 Å². The minimum absolute atomic E-state index is 0.373. The van der Waals surface area contributed by atoms with Crippen LogP contribution in [0.15, 0.2) is 20.9 Å². The highest BCUT2D eigenvalue weighted by Gasteiger charge is 2.33. The van der Waals surface area contributed by atoms with Gasteiger partial charge in [0.15, 0.2) is 5.96 Å².